The second-order valence-corrected chi connectivity index (χ2v) is 6.80. The Morgan fingerprint density at radius 2 is 2.18 bits per heavy atom. The molecular formula is C17H20N2O2S. The van der Waals surface area contributed by atoms with Gasteiger partial charge < -0.3 is 5.11 Å². The molecule has 0 spiro atoms. The number of carboxylic acids is 1. The number of aryl methyl sites for hydroxylation is 1. The zero-order valence-electron chi connectivity index (χ0n) is 12.7. The number of carbonyl (C=O) groups is 1. The lowest BCUT2D eigenvalue weighted by atomic mass is 9.90. The lowest BCUT2D eigenvalue weighted by Crippen LogP contribution is -2.33. The average molecular weight is 316 g/mol. The predicted molar refractivity (Wildman–Crippen MR) is 87.5 cm³/mol. The summed E-state index contributed by atoms with van der Waals surface area (Å²) in [7, 11) is 0. The van der Waals surface area contributed by atoms with Crippen LogP contribution in [0, 0.1) is 6.92 Å². The first kappa shape index (κ1) is 15.2. The van der Waals surface area contributed by atoms with Crippen LogP contribution in [0.5, 0.6) is 0 Å². The number of hydrogen-bond donors (Lipinski definition) is 1. The van der Waals surface area contributed by atoms with E-state index in [1.807, 2.05) is 17.6 Å². The number of nitrogens with zero attached hydrogens (tertiary/aromatic N) is 2. The number of aromatic carboxylic acids is 1. The van der Waals surface area contributed by atoms with Gasteiger partial charge in [0, 0.05) is 18.0 Å². The number of likely N-dealkylation sites (tertiary alicyclic amines) is 1. The molecule has 1 aliphatic heterocycles. The fraction of sp³-hybridized carbons (Fsp3) is 0.412. The number of hydrogen-bond acceptors (Lipinski definition) is 4. The fourth-order valence-electron chi connectivity index (χ4n) is 3.05. The molecule has 116 valence electrons. The van der Waals surface area contributed by atoms with Crippen molar-refractivity contribution >= 4 is 17.3 Å². The second-order valence-electron chi connectivity index (χ2n) is 5.86. The van der Waals surface area contributed by atoms with Crippen molar-refractivity contribution in [2.75, 3.05) is 13.1 Å². The molecule has 0 bridgehead atoms. The molecule has 1 atom stereocenters. The Kier molecular flexibility index (Phi) is 4.55. The number of thiazole rings is 1. The van der Waals surface area contributed by atoms with Gasteiger partial charge in [0.2, 0.25) is 0 Å². The zero-order chi connectivity index (χ0) is 15.5. The Labute approximate surface area is 134 Å². The summed E-state index contributed by atoms with van der Waals surface area (Å²) in [6.45, 7) is 5.20. The Morgan fingerprint density at radius 1 is 1.41 bits per heavy atom. The molecule has 0 radical (unpaired) electrons. The van der Waals surface area contributed by atoms with E-state index in [2.05, 4.69) is 16.8 Å². The summed E-state index contributed by atoms with van der Waals surface area (Å²) in [4.78, 5) is 19.1. The molecule has 0 unspecified atom stereocenters. The molecule has 22 heavy (non-hydrogen) atoms. The molecule has 4 nitrogen and oxygen atoms in total. The first-order valence-electron chi connectivity index (χ1n) is 7.58. The fourth-order valence-corrected chi connectivity index (χ4v) is 3.87. The van der Waals surface area contributed by atoms with Crippen LogP contribution in [0.1, 0.15) is 45.3 Å². The highest BCUT2D eigenvalue weighted by Crippen LogP contribution is 2.28. The maximum atomic E-state index is 10.9. The summed E-state index contributed by atoms with van der Waals surface area (Å²) in [5.74, 6) is -0.373. The number of aromatic nitrogens is 1. The van der Waals surface area contributed by atoms with E-state index in [0.717, 1.165) is 25.3 Å². The number of carboxylic acid groups (broad SMARTS) is 1. The molecule has 0 amide bonds. The van der Waals surface area contributed by atoms with Gasteiger partial charge in [0.15, 0.2) is 0 Å². The third-order valence-electron chi connectivity index (χ3n) is 4.35. The number of piperidine rings is 1. The average Bonchev–Trinajstić information content (AvgIpc) is 2.93. The van der Waals surface area contributed by atoms with Crippen LogP contribution in [0.4, 0.5) is 0 Å². The van der Waals surface area contributed by atoms with Gasteiger partial charge in [-0.25, -0.2) is 9.78 Å². The maximum absolute atomic E-state index is 10.9. The highest BCUT2D eigenvalue weighted by molar-refractivity contribution is 7.09. The maximum Gasteiger partial charge on any atom is 0.335 e. The quantitative estimate of drug-likeness (QED) is 0.937. The molecular weight excluding hydrogens is 296 g/mol. The van der Waals surface area contributed by atoms with Crippen LogP contribution in [0.2, 0.25) is 0 Å². The Balaban J connectivity index is 1.67. The van der Waals surface area contributed by atoms with E-state index in [4.69, 9.17) is 5.11 Å². The second kappa shape index (κ2) is 6.58. The standard InChI is InChI=1S/C17H20N2O2S/c1-12-16(22-11-18-12)10-19-8-2-3-15(9-19)13-4-6-14(7-5-13)17(20)21/h4-7,11,15H,2-3,8-10H2,1H3,(H,20,21)/t15-/m0/s1. The van der Waals surface area contributed by atoms with E-state index < -0.39 is 5.97 Å². The first-order valence-corrected chi connectivity index (χ1v) is 8.46. The number of rotatable bonds is 4. The third kappa shape index (κ3) is 3.36. The lowest BCUT2D eigenvalue weighted by molar-refractivity contribution is 0.0697. The molecule has 5 heteroatoms. The Morgan fingerprint density at radius 3 is 2.82 bits per heavy atom. The van der Waals surface area contributed by atoms with Gasteiger partial charge >= 0.3 is 5.97 Å². The smallest absolute Gasteiger partial charge is 0.335 e. The molecule has 0 saturated carbocycles. The summed E-state index contributed by atoms with van der Waals surface area (Å²) in [6.07, 6.45) is 2.35. The summed E-state index contributed by atoms with van der Waals surface area (Å²) >= 11 is 1.73. The number of benzene rings is 1. The van der Waals surface area contributed by atoms with Crippen molar-refractivity contribution in [2.45, 2.75) is 32.2 Å². The van der Waals surface area contributed by atoms with Gasteiger partial charge in [0.25, 0.3) is 0 Å². The van der Waals surface area contributed by atoms with E-state index in [1.54, 1.807) is 23.5 Å². The van der Waals surface area contributed by atoms with Crippen molar-refractivity contribution in [1.82, 2.24) is 9.88 Å². The minimum absolute atomic E-state index is 0.358. The van der Waals surface area contributed by atoms with Gasteiger partial charge in [0.05, 0.1) is 16.8 Å². The summed E-state index contributed by atoms with van der Waals surface area (Å²) < 4.78 is 0. The van der Waals surface area contributed by atoms with Crippen LogP contribution < -0.4 is 0 Å². The van der Waals surface area contributed by atoms with Crippen molar-refractivity contribution in [2.24, 2.45) is 0 Å². The van der Waals surface area contributed by atoms with E-state index in [-0.39, 0.29) is 0 Å². The van der Waals surface area contributed by atoms with Crippen molar-refractivity contribution in [3.05, 3.63) is 51.5 Å². The zero-order valence-corrected chi connectivity index (χ0v) is 13.5. The molecule has 1 aromatic heterocycles. The molecule has 0 aliphatic carbocycles. The SMILES string of the molecule is Cc1ncsc1CN1CCC[C@H](c2ccc(C(=O)O)cc2)C1. The van der Waals surface area contributed by atoms with Crippen LogP contribution in [-0.4, -0.2) is 34.0 Å². The van der Waals surface area contributed by atoms with Gasteiger partial charge in [-0.3, -0.25) is 4.90 Å². The minimum atomic E-state index is -0.863. The largest absolute Gasteiger partial charge is 0.478 e. The molecule has 1 aromatic carbocycles. The van der Waals surface area contributed by atoms with Crippen molar-refractivity contribution in [3.8, 4) is 0 Å². The summed E-state index contributed by atoms with van der Waals surface area (Å²) in [5.41, 5.74) is 4.65. The molecule has 3 rings (SSSR count). The van der Waals surface area contributed by atoms with Gasteiger partial charge in [-0.15, -0.1) is 11.3 Å². The van der Waals surface area contributed by atoms with Crippen molar-refractivity contribution in [1.29, 1.82) is 0 Å². The Hall–Kier alpha value is -1.72. The van der Waals surface area contributed by atoms with Crippen LogP contribution in [-0.2, 0) is 6.54 Å². The molecule has 2 aromatic rings. The molecule has 1 fully saturated rings. The molecule has 1 N–H and O–H groups in total. The first-order chi connectivity index (χ1) is 10.6. The van der Waals surface area contributed by atoms with E-state index in [0.29, 0.717) is 11.5 Å². The Bertz CT molecular complexity index is 651. The highest BCUT2D eigenvalue weighted by Gasteiger charge is 2.22. The van der Waals surface area contributed by atoms with E-state index in [1.165, 1.54) is 23.3 Å². The third-order valence-corrected chi connectivity index (χ3v) is 5.27. The van der Waals surface area contributed by atoms with Crippen LogP contribution in [0.25, 0.3) is 0 Å². The van der Waals surface area contributed by atoms with E-state index in [9.17, 15) is 4.79 Å². The minimum Gasteiger partial charge on any atom is -0.478 e. The molecule has 2 heterocycles. The lowest BCUT2D eigenvalue weighted by Gasteiger charge is -2.32. The predicted octanol–water partition coefficient (Wildman–Crippen LogP) is 3.53. The topological polar surface area (TPSA) is 53.4 Å². The molecule has 1 saturated heterocycles. The van der Waals surface area contributed by atoms with Gasteiger partial charge in [-0.05, 0) is 49.9 Å². The van der Waals surface area contributed by atoms with E-state index >= 15 is 0 Å². The normalized spacial score (nSPS) is 19.2. The van der Waals surface area contributed by atoms with Crippen LogP contribution in [0.3, 0.4) is 0 Å². The van der Waals surface area contributed by atoms with Crippen molar-refractivity contribution < 1.29 is 9.90 Å². The van der Waals surface area contributed by atoms with Gasteiger partial charge in [-0.2, -0.15) is 0 Å². The monoisotopic (exact) mass is 316 g/mol. The summed E-state index contributed by atoms with van der Waals surface area (Å²) in [5, 5.41) is 8.98. The van der Waals surface area contributed by atoms with Crippen molar-refractivity contribution in [3.63, 3.8) is 0 Å². The molecule has 1 aliphatic rings. The van der Waals surface area contributed by atoms with Gasteiger partial charge in [-0.1, -0.05) is 12.1 Å². The summed E-state index contributed by atoms with van der Waals surface area (Å²) in [6, 6.07) is 7.36. The highest BCUT2D eigenvalue weighted by atomic mass is 32.1. The van der Waals surface area contributed by atoms with Gasteiger partial charge in [0.1, 0.15) is 0 Å². The van der Waals surface area contributed by atoms with Crippen LogP contribution in [0.15, 0.2) is 29.8 Å². The van der Waals surface area contributed by atoms with Crippen LogP contribution >= 0.6 is 11.3 Å².